The lowest BCUT2D eigenvalue weighted by Gasteiger charge is -2.18. The van der Waals surface area contributed by atoms with Gasteiger partial charge in [0.1, 0.15) is 5.82 Å². The number of aryl methyl sites for hydroxylation is 1. The lowest BCUT2D eigenvalue weighted by atomic mass is 10.1. The first-order valence-electron chi connectivity index (χ1n) is 5.95. The summed E-state index contributed by atoms with van der Waals surface area (Å²) in [5.41, 5.74) is 9.13. The van der Waals surface area contributed by atoms with Crippen LogP contribution >= 0.6 is 0 Å². The van der Waals surface area contributed by atoms with E-state index >= 15 is 0 Å². The molecule has 3 heteroatoms. The Kier molecular flexibility index (Phi) is 3.51. The van der Waals surface area contributed by atoms with E-state index in [1.54, 1.807) is 12.1 Å². The van der Waals surface area contributed by atoms with Crippen LogP contribution in [0.1, 0.15) is 24.1 Å². The third kappa shape index (κ3) is 2.62. The number of rotatable bonds is 3. The number of anilines is 2. The van der Waals surface area contributed by atoms with E-state index in [1.165, 1.54) is 6.07 Å². The van der Waals surface area contributed by atoms with E-state index in [9.17, 15) is 4.39 Å². The number of nitrogen functional groups attached to an aromatic ring is 1. The lowest BCUT2D eigenvalue weighted by molar-refractivity contribution is 0.600. The van der Waals surface area contributed by atoms with Gasteiger partial charge >= 0.3 is 0 Å². The van der Waals surface area contributed by atoms with Crippen LogP contribution < -0.4 is 11.1 Å². The molecule has 0 saturated carbocycles. The van der Waals surface area contributed by atoms with E-state index in [-0.39, 0.29) is 11.9 Å². The minimum absolute atomic E-state index is 0.105. The molecule has 3 N–H and O–H groups in total. The highest BCUT2D eigenvalue weighted by atomic mass is 19.1. The third-order valence-electron chi connectivity index (χ3n) is 3.01. The van der Waals surface area contributed by atoms with Gasteiger partial charge in [0.25, 0.3) is 0 Å². The fraction of sp³-hybridized carbons (Fsp3) is 0.200. The van der Waals surface area contributed by atoms with Gasteiger partial charge in [0.05, 0.1) is 6.04 Å². The van der Waals surface area contributed by atoms with Crippen LogP contribution in [0, 0.1) is 12.7 Å². The number of halogens is 1. The second-order valence-corrected chi connectivity index (χ2v) is 4.46. The van der Waals surface area contributed by atoms with Crippen LogP contribution in [-0.4, -0.2) is 0 Å². The summed E-state index contributed by atoms with van der Waals surface area (Å²) in [7, 11) is 0. The van der Waals surface area contributed by atoms with Gasteiger partial charge in [-0.2, -0.15) is 0 Å². The Morgan fingerprint density at radius 3 is 2.61 bits per heavy atom. The molecule has 0 radical (unpaired) electrons. The SMILES string of the molecule is Cc1ccc(N)cc1NC(C)c1ccccc1F. The standard InChI is InChI=1S/C15H17FN2/c1-10-7-8-12(17)9-15(10)18-11(2)13-5-3-4-6-14(13)16/h3-9,11,18H,17H2,1-2H3. The summed E-state index contributed by atoms with van der Waals surface area (Å²) in [4.78, 5) is 0. The monoisotopic (exact) mass is 244 g/mol. The van der Waals surface area contributed by atoms with E-state index in [2.05, 4.69) is 5.32 Å². The summed E-state index contributed by atoms with van der Waals surface area (Å²) < 4.78 is 13.7. The maximum absolute atomic E-state index is 13.7. The van der Waals surface area contributed by atoms with Crippen molar-refractivity contribution in [3.63, 3.8) is 0 Å². The smallest absolute Gasteiger partial charge is 0.128 e. The number of nitrogens with two attached hydrogens (primary N) is 1. The molecule has 1 atom stereocenters. The quantitative estimate of drug-likeness (QED) is 0.804. The maximum atomic E-state index is 13.7. The van der Waals surface area contributed by atoms with Crippen LogP contribution in [0.25, 0.3) is 0 Å². The molecule has 1 unspecified atom stereocenters. The predicted molar refractivity (Wildman–Crippen MR) is 74.0 cm³/mol. The van der Waals surface area contributed by atoms with Crippen LogP contribution in [0.5, 0.6) is 0 Å². The Bertz CT molecular complexity index is 552. The van der Waals surface area contributed by atoms with Crippen molar-refractivity contribution in [2.24, 2.45) is 0 Å². The van der Waals surface area contributed by atoms with Crippen LogP contribution in [0.2, 0.25) is 0 Å². The zero-order valence-electron chi connectivity index (χ0n) is 10.6. The summed E-state index contributed by atoms with van der Waals surface area (Å²) in [6.07, 6.45) is 0. The molecular formula is C15H17FN2. The van der Waals surface area contributed by atoms with Gasteiger partial charge in [-0.3, -0.25) is 0 Å². The molecule has 0 saturated heterocycles. The lowest BCUT2D eigenvalue weighted by Crippen LogP contribution is -2.09. The van der Waals surface area contributed by atoms with Crippen molar-refractivity contribution in [2.45, 2.75) is 19.9 Å². The molecule has 0 spiro atoms. The van der Waals surface area contributed by atoms with Gasteiger partial charge in [-0.05, 0) is 37.6 Å². The zero-order valence-corrected chi connectivity index (χ0v) is 10.6. The second kappa shape index (κ2) is 5.08. The second-order valence-electron chi connectivity index (χ2n) is 4.46. The number of hydrogen-bond acceptors (Lipinski definition) is 2. The largest absolute Gasteiger partial charge is 0.399 e. The highest BCUT2D eigenvalue weighted by Crippen LogP contribution is 2.25. The Hall–Kier alpha value is -2.03. The molecule has 0 aliphatic rings. The topological polar surface area (TPSA) is 38.0 Å². The van der Waals surface area contributed by atoms with Gasteiger partial charge in [-0.1, -0.05) is 24.3 Å². The molecule has 0 fully saturated rings. The average molecular weight is 244 g/mol. The number of nitrogens with one attached hydrogen (secondary N) is 1. The van der Waals surface area contributed by atoms with Crippen LogP contribution in [0.4, 0.5) is 15.8 Å². The minimum atomic E-state index is -0.195. The molecule has 0 amide bonds. The zero-order chi connectivity index (χ0) is 13.1. The molecule has 0 heterocycles. The van der Waals surface area contributed by atoms with Crippen molar-refractivity contribution in [1.29, 1.82) is 0 Å². The first kappa shape index (κ1) is 12.4. The van der Waals surface area contributed by atoms with Crippen molar-refractivity contribution in [3.8, 4) is 0 Å². The van der Waals surface area contributed by atoms with Crippen LogP contribution in [-0.2, 0) is 0 Å². The normalized spacial score (nSPS) is 12.2. The predicted octanol–water partition coefficient (Wildman–Crippen LogP) is 3.89. The van der Waals surface area contributed by atoms with Gasteiger partial charge in [-0.25, -0.2) is 4.39 Å². The van der Waals surface area contributed by atoms with Crippen LogP contribution in [0.15, 0.2) is 42.5 Å². The average Bonchev–Trinajstić information content (AvgIpc) is 2.34. The van der Waals surface area contributed by atoms with E-state index in [4.69, 9.17) is 5.73 Å². The molecule has 0 bridgehead atoms. The molecule has 18 heavy (non-hydrogen) atoms. The first-order valence-corrected chi connectivity index (χ1v) is 5.95. The molecule has 94 valence electrons. The van der Waals surface area contributed by atoms with E-state index in [0.29, 0.717) is 11.3 Å². The first-order chi connectivity index (χ1) is 8.58. The number of hydrogen-bond donors (Lipinski definition) is 2. The summed E-state index contributed by atoms with van der Waals surface area (Å²) in [5.74, 6) is -0.195. The molecule has 2 aromatic rings. The summed E-state index contributed by atoms with van der Waals surface area (Å²) >= 11 is 0. The van der Waals surface area contributed by atoms with Crippen LogP contribution in [0.3, 0.4) is 0 Å². The summed E-state index contributed by atoms with van der Waals surface area (Å²) in [6.45, 7) is 3.93. The van der Waals surface area contributed by atoms with Gasteiger partial charge in [-0.15, -0.1) is 0 Å². The van der Waals surface area contributed by atoms with Crippen molar-refractivity contribution < 1.29 is 4.39 Å². The Morgan fingerprint density at radius 1 is 1.17 bits per heavy atom. The third-order valence-corrected chi connectivity index (χ3v) is 3.01. The molecule has 0 aliphatic carbocycles. The van der Waals surface area contributed by atoms with Gasteiger partial charge < -0.3 is 11.1 Å². The van der Waals surface area contributed by atoms with Crippen molar-refractivity contribution in [2.75, 3.05) is 11.1 Å². The summed E-state index contributed by atoms with van der Waals surface area (Å²) in [5, 5.41) is 3.29. The number of benzene rings is 2. The van der Waals surface area contributed by atoms with Crippen molar-refractivity contribution in [3.05, 3.63) is 59.4 Å². The van der Waals surface area contributed by atoms with Crippen molar-refractivity contribution in [1.82, 2.24) is 0 Å². The Morgan fingerprint density at radius 2 is 1.89 bits per heavy atom. The van der Waals surface area contributed by atoms with Gasteiger partial charge in [0, 0.05) is 16.9 Å². The molecule has 2 aromatic carbocycles. The molecule has 2 rings (SSSR count). The van der Waals surface area contributed by atoms with Gasteiger partial charge in [0.15, 0.2) is 0 Å². The minimum Gasteiger partial charge on any atom is -0.399 e. The Labute approximate surface area is 107 Å². The fourth-order valence-corrected chi connectivity index (χ4v) is 1.93. The fourth-order valence-electron chi connectivity index (χ4n) is 1.93. The molecule has 0 aromatic heterocycles. The highest BCUT2D eigenvalue weighted by molar-refractivity contribution is 5.60. The van der Waals surface area contributed by atoms with Crippen molar-refractivity contribution >= 4 is 11.4 Å². The molecule has 0 aliphatic heterocycles. The molecular weight excluding hydrogens is 227 g/mol. The summed E-state index contributed by atoms with van der Waals surface area (Å²) in [6, 6.07) is 12.4. The van der Waals surface area contributed by atoms with E-state index < -0.39 is 0 Å². The van der Waals surface area contributed by atoms with E-state index in [1.807, 2.05) is 38.1 Å². The Balaban J connectivity index is 2.24. The van der Waals surface area contributed by atoms with Gasteiger partial charge in [0.2, 0.25) is 0 Å². The van der Waals surface area contributed by atoms with E-state index in [0.717, 1.165) is 11.3 Å². The maximum Gasteiger partial charge on any atom is 0.128 e. The highest BCUT2D eigenvalue weighted by Gasteiger charge is 2.10. The molecule has 2 nitrogen and oxygen atoms in total.